The summed E-state index contributed by atoms with van der Waals surface area (Å²) in [5, 5.41) is 9.50. The Hall–Kier alpha value is 0.690. The molecule has 0 heterocycles. The number of phenols is 1. The molecule has 0 aromatic heterocycles. The van der Waals surface area contributed by atoms with Gasteiger partial charge >= 0.3 is 0 Å². The molecule has 3 nitrogen and oxygen atoms in total. The van der Waals surface area contributed by atoms with Crippen molar-refractivity contribution in [3.05, 3.63) is 24.8 Å². The summed E-state index contributed by atoms with van der Waals surface area (Å²) in [7, 11) is 0. The van der Waals surface area contributed by atoms with Crippen molar-refractivity contribution in [3.8, 4) is 5.75 Å². The SMILES string of the molecule is Cl.NC[C@@H](N)c1cc(I)c(O)c(I)c1. The van der Waals surface area contributed by atoms with E-state index in [2.05, 4.69) is 45.2 Å². The third kappa shape index (κ3) is 3.37. The van der Waals surface area contributed by atoms with Gasteiger partial charge in [0.1, 0.15) is 5.75 Å². The molecule has 0 spiro atoms. The van der Waals surface area contributed by atoms with Crippen LogP contribution in [0.5, 0.6) is 5.75 Å². The highest BCUT2D eigenvalue weighted by Crippen LogP contribution is 2.28. The Labute approximate surface area is 116 Å². The highest BCUT2D eigenvalue weighted by atomic mass is 127. The number of phenolic OH excluding ortho intramolecular Hbond substituents is 1. The number of halogens is 3. The van der Waals surface area contributed by atoms with Crippen LogP contribution in [0.3, 0.4) is 0 Å². The van der Waals surface area contributed by atoms with Crippen molar-refractivity contribution < 1.29 is 5.11 Å². The van der Waals surface area contributed by atoms with Gasteiger partial charge in [-0.2, -0.15) is 0 Å². The highest BCUT2D eigenvalue weighted by molar-refractivity contribution is 14.1. The first-order valence-corrected chi connectivity index (χ1v) is 5.85. The second kappa shape index (κ2) is 6.31. The van der Waals surface area contributed by atoms with Gasteiger partial charge in [-0.25, -0.2) is 0 Å². The maximum Gasteiger partial charge on any atom is 0.142 e. The van der Waals surface area contributed by atoms with Crippen molar-refractivity contribution in [1.29, 1.82) is 0 Å². The van der Waals surface area contributed by atoms with Gasteiger partial charge in [-0.05, 0) is 62.9 Å². The van der Waals surface area contributed by atoms with E-state index in [9.17, 15) is 5.11 Å². The van der Waals surface area contributed by atoms with Gasteiger partial charge in [0, 0.05) is 12.6 Å². The molecule has 1 atom stereocenters. The maximum atomic E-state index is 9.50. The maximum absolute atomic E-state index is 9.50. The zero-order valence-corrected chi connectivity index (χ0v) is 12.3. The van der Waals surface area contributed by atoms with Crippen LogP contribution in [0, 0.1) is 7.14 Å². The number of hydrogen-bond donors (Lipinski definition) is 3. The molecular weight excluding hydrogens is 429 g/mol. The second-order valence-electron chi connectivity index (χ2n) is 2.68. The summed E-state index contributed by atoms with van der Waals surface area (Å²) < 4.78 is 1.62. The molecule has 1 aromatic carbocycles. The van der Waals surface area contributed by atoms with E-state index in [1.165, 1.54) is 0 Å². The fourth-order valence-electron chi connectivity index (χ4n) is 0.935. The van der Waals surface area contributed by atoms with Crippen LogP contribution in [0.15, 0.2) is 12.1 Å². The molecule has 0 bridgehead atoms. The monoisotopic (exact) mass is 440 g/mol. The van der Waals surface area contributed by atoms with Crippen LogP contribution in [-0.2, 0) is 0 Å². The lowest BCUT2D eigenvalue weighted by molar-refractivity contribution is 0.467. The topological polar surface area (TPSA) is 72.3 Å². The Morgan fingerprint density at radius 1 is 1.29 bits per heavy atom. The van der Waals surface area contributed by atoms with Crippen LogP contribution in [0.2, 0.25) is 0 Å². The molecule has 0 unspecified atom stereocenters. The Kier molecular flexibility index (Phi) is 6.62. The number of nitrogens with two attached hydrogens (primary N) is 2. The van der Waals surface area contributed by atoms with Crippen LogP contribution in [0.4, 0.5) is 0 Å². The summed E-state index contributed by atoms with van der Waals surface area (Å²) in [5.41, 5.74) is 12.2. The van der Waals surface area contributed by atoms with E-state index in [0.717, 1.165) is 12.7 Å². The van der Waals surface area contributed by atoms with Crippen LogP contribution in [0.25, 0.3) is 0 Å². The summed E-state index contributed by atoms with van der Waals surface area (Å²) >= 11 is 4.15. The van der Waals surface area contributed by atoms with Crippen LogP contribution in [0.1, 0.15) is 11.6 Å². The summed E-state index contributed by atoms with van der Waals surface area (Å²) in [6.45, 7) is 0.414. The van der Waals surface area contributed by atoms with Gasteiger partial charge in [0.2, 0.25) is 0 Å². The molecule has 0 aliphatic heterocycles. The van der Waals surface area contributed by atoms with Crippen molar-refractivity contribution in [1.82, 2.24) is 0 Å². The van der Waals surface area contributed by atoms with Gasteiger partial charge in [-0.1, -0.05) is 0 Å². The van der Waals surface area contributed by atoms with Gasteiger partial charge in [0.25, 0.3) is 0 Å². The van der Waals surface area contributed by atoms with E-state index < -0.39 is 0 Å². The molecular formula is C8H11ClI2N2O. The first-order valence-electron chi connectivity index (χ1n) is 3.69. The second-order valence-corrected chi connectivity index (χ2v) is 5.00. The van der Waals surface area contributed by atoms with Crippen LogP contribution in [-0.4, -0.2) is 11.7 Å². The fourth-order valence-corrected chi connectivity index (χ4v) is 2.75. The van der Waals surface area contributed by atoms with Crippen LogP contribution < -0.4 is 11.5 Å². The minimum absolute atomic E-state index is 0. The zero-order chi connectivity index (χ0) is 10.0. The molecule has 14 heavy (non-hydrogen) atoms. The standard InChI is InChI=1S/C8H10I2N2O.ClH/c9-5-1-4(7(12)3-11)2-6(10)8(5)13;/h1-2,7,13H,3,11-12H2;1H/t7-;/m1./s1. The highest BCUT2D eigenvalue weighted by Gasteiger charge is 2.09. The Morgan fingerprint density at radius 3 is 2.07 bits per heavy atom. The Balaban J connectivity index is 0.00000169. The molecule has 6 heteroatoms. The predicted octanol–water partition coefficient (Wildman–Crippen LogP) is 1.98. The van der Waals surface area contributed by atoms with Gasteiger partial charge in [0.05, 0.1) is 7.14 Å². The number of aromatic hydroxyl groups is 1. The molecule has 0 amide bonds. The molecule has 0 radical (unpaired) electrons. The van der Waals surface area contributed by atoms with E-state index in [4.69, 9.17) is 11.5 Å². The average molecular weight is 440 g/mol. The first kappa shape index (κ1) is 14.7. The molecule has 1 rings (SSSR count). The zero-order valence-electron chi connectivity index (χ0n) is 7.21. The summed E-state index contributed by atoms with van der Waals surface area (Å²) in [5.74, 6) is 0.314. The van der Waals surface area contributed by atoms with Gasteiger partial charge in [0.15, 0.2) is 0 Å². The van der Waals surface area contributed by atoms with Crippen molar-refractivity contribution in [2.24, 2.45) is 11.5 Å². The molecule has 0 saturated carbocycles. The molecule has 0 saturated heterocycles. The number of hydrogen-bond acceptors (Lipinski definition) is 3. The summed E-state index contributed by atoms with van der Waals surface area (Å²) in [6.07, 6.45) is 0. The molecule has 0 fully saturated rings. The van der Waals surface area contributed by atoms with Crippen molar-refractivity contribution in [2.45, 2.75) is 6.04 Å². The smallest absolute Gasteiger partial charge is 0.142 e. The largest absolute Gasteiger partial charge is 0.506 e. The lowest BCUT2D eigenvalue weighted by atomic mass is 10.1. The van der Waals surface area contributed by atoms with E-state index >= 15 is 0 Å². The summed E-state index contributed by atoms with van der Waals surface area (Å²) in [6, 6.07) is 3.56. The Morgan fingerprint density at radius 2 is 1.71 bits per heavy atom. The van der Waals surface area contributed by atoms with E-state index in [0.29, 0.717) is 12.3 Å². The number of benzene rings is 1. The third-order valence-electron chi connectivity index (χ3n) is 1.72. The quantitative estimate of drug-likeness (QED) is 0.616. The van der Waals surface area contributed by atoms with E-state index in [1.54, 1.807) is 0 Å². The van der Waals surface area contributed by atoms with Crippen LogP contribution >= 0.6 is 57.6 Å². The minimum Gasteiger partial charge on any atom is -0.506 e. The third-order valence-corrected chi connectivity index (χ3v) is 3.37. The molecule has 80 valence electrons. The van der Waals surface area contributed by atoms with Crippen molar-refractivity contribution in [3.63, 3.8) is 0 Å². The predicted molar refractivity (Wildman–Crippen MR) is 76.8 cm³/mol. The fraction of sp³-hybridized carbons (Fsp3) is 0.250. The first-order chi connectivity index (χ1) is 6.06. The van der Waals surface area contributed by atoms with E-state index in [1.807, 2.05) is 12.1 Å². The lowest BCUT2D eigenvalue weighted by Crippen LogP contribution is -2.20. The molecule has 5 N–H and O–H groups in total. The average Bonchev–Trinajstić information content (AvgIpc) is 2.12. The van der Waals surface area contributed by atoms with Gasteiger partial charge < -0.3 is 16.6 Å². The van der Waals surface area contributed by atoms with Gasteiger partial charge in [-0.15, -0.1) is 12.4 Å². The summed E-state index contributed by atoms with van der Waals surface area (Å²) in [4.78, 5) is 0. The van der Waals surface area contributed by atoms with Crippen molar-refractivity contribution >= 4 is 57.6 Å². The van der Waals surface area contributed by atoms with E-state index in [-0.39, 0.29) is 18.4 Å². The molecule has 1 aromatic rings. The van der Waals surface area contributed by atoms with Crippen molar-refractivity contribution in [2.75, 3.05) is 6.54 Å². The lowest BCUT2D eigenvalue weighted by Gasteiger charge is -2.11. The normalized spacial score (nSPS) is 12.0. The minimum atomic E-state index is -0.150. The molecule has 0 aliphatic carbocycles. The molecule has 0 aliphatic rings. The Bertz CT molecular complexity index is 299. The van der Waals surface area contributed by atoms with Gasteiger partial charge in [-0.3, -0.25) is 0 Å². The number of rotatable bonds is 2.